The Hall–Kier alpha value is -2.04. The average Bonchev–Trinajstić information content (AvgIpc) is 2.40. The second-order valence-corrected chi connectivity index (χ2v) is 4.48. The number of carbonyl (C=O) groups excluding carboxylic acids is 1. The molecule has 19 heavy (non-hydrogen) atoms. The van der Waals surface area contributed by atoms with Gasteiger partial charge in [0.2, 0.25) is 0 Å². The molecule has 1 N–H and O–H groups in total. The molecule has 0 bridgehead atoms. The number of para-hydroxylation sites is 1. The molecule has 0 saturated heterocycles. The van der Waals surface area contributed by atoms with Gasteiger partial charge in [-0.15, -0.1) is 0 Å². The highest BCUT2D eigenvalue weighted by Gasteiger charge is 2.21. The first kappa shape index (κ1) is 15.0. The summed E-state index contributed by atoms with van der Waals surface area (Å²) in [6.07, 6.45) is 0. The third kappa shape index (κ3) is 3.98. The molecule has 0 spiro atoms. The van der Waals surface area contributed by atoms with E-state index in [1.165, 1.54) is 4.90 Å². The zero-order valence-corrected chi connectivity index (χ0v) is 11.5. The second-order valence-electron chi connectivity index (χ2n) is 4.48. The Labute approximate surface area is 113 Å². The van der Waals surface area contributed by atoms with Crippen LogP contribution in [-0.2, 0) is 4.79 Å². The van der Waals surface area contributed by atoms with E-state index in [0.29, 0.717) is 6.54 Å². The summed E-state index contributed by atoms with van der Waals surface area (Å²) in [7, 11) is 1.62. The van der Waals surface area contributed by atoms with Crippen LogP contribution in [0.3, 0.4) is 0 Å². The fourth-order valence-electron chi connectivity index (χ4n) is 1.81. The number of nitrogens with zero attached hydrogens (tertiary/aromatic N) is 2. The molecule has 104 valence electrons. The maximum Gasteiger partial charge on any atom is 0.324 e. The van der Waals surface area contributed by atoms with Gasteiger partial charge in [-0.05, 0) is 19.1 Å². The quantitative estimate of drug-likeness (QED) is 0.887. The van der Waals surface area contributed by atoms with Crippen molar-refractivity contribution < 1.29 is 14.7 Å². The summed E-state index contributed by atoms with van der Waals surface area (Å²) in [5, 5.41) is 8.87. The van der Waals surface area contributed by atoms with Crippen molar-refractivity contribution in [1.82, 2.24) is 4.90 Å². The maximum absolute atomic E-state index is 12.3. The Kier molecular flexibility index (Phi) is 5.36. The topological polar surface area (TPSA) is 60.9 Å². The van der Waals surface area contributed by atoms with Crippen molar-refractivity contribution in [3.8, 4) is 0 Å². The standard InChI is InChI=1S/C14H20N2O3/c1-4-16(12-8-6-5-7-9-12)14(19)15(3)10-11(2)13(17)18/h5-9,11H,4,10H2,1-3H3,(H,17,18). The number of hydrogen-bond acceptors (Lipinski definition) is 2. The van der Waals surface area contributed by atoms with Gasteiger partial charge in [0.1, 0.15) is 0 Å². The Balaban J connectivity index is 2.77. The van der Waals surface area contributed by atoms with Crippen LogP contribution >= 0.6 is 0 Å². The van der Waals surface area contributed by atoms with E-state index < -0.39 is 11.9 Å². The number of aliphatic carboxylic acids is 1. The number of urea groups is 1. The van der Waals surface area contributed by atoms with Gasteiger partial charge in [-0.25, -0.2) is 4.79 Å². The first-order chi connectivity index (χ1) is 8.97. The second kappa shape index (κ2) is 6.78. The van der Waals surface area contributed by atoms with Crippen LogP contribution in [0.25, 0.3) is 0 Å². The molecule has 2 amide bonds. The molecule has 1 rings (SSSR count). The highest BCUT2D eigenvalue weighted by atomic mass is 16.4. The van der Waals surface area contributed by atoms with Gasteiger partial charge in [-0.1, -0.05) is 25.1 Å². The summed E-state index contributed by atoms with van der Waals surface area (Å²) in [5.74, 6) is -1.48. The molecule has 5 nitrogen and oxygen atoms in total. The highest BCUT2D eigenvalue weighted by molar-refractivity contribution is 5.92. The number of benzene rings is 1. The van der Waals surface area contributed by atoms with Crippen LogP contribution in [0.5, 0.6) is 0 Å². The van der Waals surface area contributed by atoms with E-state index in [1.54, 1.807) is 18.9 Å². The van der Waals surface area contributed by atoms with Crippen molar-refractivity contribution in [2.45, 2.75) is 13.8 Å². The minimum atomic E-state index is -0.901. The monoisotopic (exact) mass is 264 g/mol. The molecule has 0 heterocycles. The highest BCUT2D eigenvalue weighted by Crippen LogP contribution is 2.15. The molecular formula is C14H20N2O3. The molecule has 1 unspecified atom stereocenters. The van der Waals surface area contributed by atoms with Gasteiger partial charge in [0.15, 0.2) is 0 Å². The summed E-state index contributed by atoms with van der Waals surface area (Å²) in [5.41, 5.74) is 0.810. The predicted octanol–water partition coefficient (Wildman–Crippen LogP) is 2.29. The molecule has 0 aliphatic carbocycles. The van der Waals surface area contributed by atoms with Crippen LogP contribution in [0.2, 0.25) is 0 Å². The fraction of sp³-hybridized carbons (Fsp3) is 0.429. The zero-order chi connectivity index (χ0) is 14.4. The lowest BCUT2D eigenvalue weighted by Crippen LogP contribution is -2.43. The molecule has 1 atom stereocenters. The SMILES string of the molecule is CCN(C(=O)N(C)CC(C)C(=O)O)c1ccccc1. The zero-order valence-electron chi connectivity index (χ0n) is 11.5. The number of anilines is 1. The number of carboxylic acids is 1. The van der Waals surface area contributed by atoms with Crippen molar-refractivity contribution in [3.63, 3.8) is 0 Å². The molecule has 0 aliphatic rings. The van der Waals surface area contributed by atoms with Crippen molar-refractivity contribution in [2.24, 2.45) is 5.92 Å². The van der Waals surface area contributed by atoms with E-state index in [1.807, 2.05) is 37.3 Å². The van der Waals surface area contributed by atoms with Crippen molar-refractivity contribution in [1.29, 1.82) is 0 Å². The van der Waals surface area contributed by atoms with E-state index in [4.69, 9.17) is 5.11 Å². The molecule has 0 saturated carbocycles. The minimum absolute atomic E-state index is 0.192. The van der Waals surface area contributed by atoms with E-state index in [9.17, 15) is 9.59 Å². The summed E-state index contributed by atoms with van der Waals surface area (Å²) in [6.45, 7) is 4.20. The van der Waals surface area contributed by atoms with E-state index in [-0.39, 0.29) is 12.6 Å². The summed E-state index contributed by atoms with van der Waals surface area (Å²) in [6, 6.07) is 9.14. The van der Waals surface area contributed by atoms with Crippen LogP contribution in [0.4, 0.5) is 10.5 Å². The van der Waals surface area contributed by atoms with Crippen molar-refractivity contribution in [2.75, 3.05) is 25.0 Å². The van der Waals surface area contributed by atoms with E-state index in [2.05, 4.69) is 0 Å². The van der Waals surface area contributed by atoms with Gasteiger partial charge >= 0.3 is 12.0 Å². The Morgan fingerprint density at radius 3 is 2.32 bits per heavy atom. The lowest BCUT2D eigenvalue weighted by molar-refractivity contribution is -0.141. The Morgan fingerprint density at radius 1 is 1.26 bits per heavy atom. The number of rotatable bonds is 5. The number of amides is 2. The van der Waals surface area contributed by atoms with Crippen LogP contribution in [-0.4, -0.2) is 42.1 Å². The Bertz CT molecular complexity index is 434. The fourth-order valence-corrected chi connectivity index (χ4v) is 1.81. The van der Waals surface area contributed by atoms with E-state index in [0.717, 1.165) is 5.69 Å². The Morgan fingerprint density at radius 2 is 1.84 bits per heavy atom. The first-order valence-corrected chi connectivity index (χ1v) is 6.27. The molecule has 0 aliphatic heterocycles. The van der Waals surface area contributed by atoms with Gasteiger partial charge in [0.25, 0.3) is 0 Å². The van der Waals surface area contributed by atoms with Crippen molar-refractivity contribution in [3.05, 3.63) is 30.3 Å². The summed E-state index contributed by atoms with van der Waals surface area (Å²) >= 11 is 0. The molecule has 0 aromatic heterocycles. The molecule has 1 aromatic carbocycles. The largest absolute Gasteiger partial charge is 0.481 e. The lowest BCUT2D eigenvalue weighted by Gasteiger charge is -2.28. The first-order valence-electron chi connectivity index (χ1n) is 6.27. The number of hydrogen-bond donors (Lipinski definition) is 1. The van der Waals surface area contributed by atoms with Gasteiger partial charge in [0.05, 0.1) is 5.92 Å². The van der Waals surface area contributed by atoms with Crippen LogP contribution in [0.1, 0.15) is 13.8 Å². The third-order valence-electron chi connectivity index (χ3n) is 2.91. The van der Waals surface area contributed by atoms with Crippen LogP contribution in [0, 0.1) is 5.92 Å². The minimum Gasteiger partial charge on any atom is -0.481 e. The lowest BCUT2D eigenvalue weighted by atomic mass is 10.2. The molecule has 5 heteroatoms. The smallest absolute Gasteiger partial charge is 0.324 e. The average molecular weight is 264 g/mol. The predicted molar refractivity (Wildman–Crippen MR) is 74.3 cm³/mol. The molecule has 0 radical (unpaired) electrons. The van der Waals surface area contributed by atoms with Gasteiger partial charge < -0.3 is 10.0 Å². The van der Waals surface area contributed by atoms with Gasteiger partial charge in [0, 0.05) is 25.8 Å². The summed E-state index contributed by atoms with van der Waals surface area (Å²) in [4.78, 5) is 26.2. The molecule has 0 fully saturated rings. The van der Waals surface area contributed by atoms with Gasteiger partial charge in [-0.2, -0.15) is 0 Å². The van der Waals surface area contributed by atoms with Crippen LogP contribution in [0.15, 0.2) is 30.3 Å². The maximum atomic E-state index is 12.3. The molecular weight excluding hydrogens is 244 g/mol. The van der Waals surface area contributed by atoms with Gasteiger partial charge in [-0.3, -0.25) is 9.69 Å². The van der Waals surface area contributed by atoms with Crippen LogP contribution < -0.4 is 4.90 Å². The third-order valence-corrected chi connectivity index (χ3v) is 2.91. The van der Waals surface area contributed by atoms with E-state index >= 15 is 0 Å². The number of carboxylic acid groups (broad SMARTS) is 1. The summed E-state index contributed by atoms with van der Waals surface area (Å²) < 4.78 is 0. The number of carbonyl (C=O) groups is 2. The normalized spacial score (nSPS) is 11.7. The molecule has 1 aromatic rings. The van der Waals surface area contributed by atoms with Crippen molar-refractivity contribution >= 4 is 17.7 Å².